The van der Waals surface area contributed by atoms with E-state index in [-0.39, 0.29) is 11.6 Å². The highest BCUT2D eigenvalue weighted by Gasteiger charge is 2.09. The topological polar surface area (TPSA) is 35.2 Å². The van der Waals surface area contributed by atoms with Crippen molar-refractivity contribution >= 4 is 52.0 Å². The molecule has 0 aliphatic heterocycles. The van der Waals surface area contributed by atoms with Crippen LogP contribution in [0.3, 0.4) is 0 Å². The minimum atomic E-state index is 0.227. The van der Waals surface area contributed by atoms with Gasteiger partial charge in [0.05, 0.1) is 5.02 Å². The van der Waals surface area contributed by atoms with Crippen LogP contribution in [-0.4, -0.2) is 4.99 Å². The molecule has 104 valence electrons. The smallest absolute Gasteiger partial charge is 0.138 e. The third-order valence-corrected chi connectivity index (χ3v) is 3.89. The van der Waals surface area contributed by atoms with Crippen LogP contribution in [-0.2, 0) is 6.61 Å². The molecule has 0 bridgehead atoms. The van der Waals surface area contributed by atoms with Crippen LogP contribution in [0.2, 0.25) is 15.1 Å². The molecule has 0 aromatic heterocycles. The molecule has 0 saturated heterocycles. The minimum Gasteiger partial charge on any atom is -0.487 e. The molecule has 2 nitrogen and oxygen atoms in total. The fraction of sp³-hybridized carbons (Fsp3) is 0.0714. The number of thiocarbonyl (C=S) groups is 1. The van der Waals surface area contributed by atoms with Gasteiger partial charge in [0.2, 0.25) is 0 Å². The molecule has 0 aliphatic rings. The van der Waals surface area contributed by atoms with Crippen molar-refractivity contribution in [3.05, 3.63) is 62.6 Å². The molecule has 2 aromatic rings. The Morgan fingerprint density at radius 3 is 2.25 bits per heavy atom. The summed E-state index contributed by atoms with van der Waals surface area (Å²) in [6.07, 6.45) is 0. The number of nitrogens with two attached hydrogens (primary N) is 1. The summed E-state index contributed by atoms with van der Waals surface area (Å²) in [6.45, 7) is 0.227. The molecule has 0 heterocycles. The maximum Gasteiger partial charge on any atom is 0.138 e. The van der Waals surface area contributed by atoms with Gasteiger partial charge in [-0.1, -0.05) is 53.1 Å². The molecule has 0 radical (unpaired) electrons. The number of ether oxygens (including phenoxy) is 1. The standard InChI is InChI=1S/C14H10Cl3NOS/c15-10-2-1-3-11(16)9(10)7-19-13-5-4-8(14(18)20)6-12(13)17/h1-6H,7H2,(H2,18,20). The van der Waals surface area contributed by atoms with Crippen molar-refractivity contribution < 1.29 is 4.74 Å². The Morgan fingerprint density at radius 1 is 1.05 bits per heavy atom. The first-order valence-electron chi connectivity index (χ1n) is 5.64. The predicted octanol–water partition coefficient (Wildman–Crippen LogP) is 4.86. The van der Waals surface area contributed by atoms with Gasteiger partial charge in [-0.2, -0.15) is 0 Å². The van der Waals surface area contributed by atoms with Gasteiger partial charge in [0.1, 0.15) is 17.3 Å². The van der Waals surface area contributed by atoms with Crippen LogP contribution >= 0.6 is 47.0 Å². The van der Waals surface area contributed by atoms with Crippen LogP contribution in [0.4, 0.5) is 0 Å². The quantitative estimate of drug-likeness (QED) is 0.803. The molecule has 20 heavy (non-hydrogen) atoms. The van der Waals surface area contributed by atoms with Gasteiger partial charge in [-0.3, -0.25) is 0 Å². The van der Waals surface area contributed by atoms with Gasteiger partial charge in [-0.25, -0.2) is 0 Å². The van der Waals surface area contributed by atoms with E-state index in [4.69, 9.17) is 57.5 Å². The van der Waals surface area contributed by atoms with Crippen LogP contribution in [0.15, 0.2) is 36.4 Å². The van der Waals surface area contributed by atoms with Crippen molar-refractivity contribution in [3.8, 4) is 5.75 Å². The van der Waals surface area contributed by atoms with E-state index in [0.717, 1.165) is 0 Å². The van der Waals surface area contributed by atoms with Crippen molar-refractivity contribution in [1.29, 1.82) is 0 Å². The Bertz CT molecular complexity index is 641. The third-order valence-electron chi connectivity index (χ3n) is 2.65. The van der Waals surface area contributed by atoms with Gasteiger partial charge in [0.25, 0.3) is 0 Å². The van der Waals surface area contributed by atoms with Crippen LogP contribution < -0.4 is 10.5 Å². The number of benzene rings is 2. The van der Waals surface area contributed by atoms with Crippen molar-refractivity contribution in [2.75, 3.05) is 0 Å². The number of halogens is 3. The normalized spacial score (nSPS) is 10.3. The fourth-order valence-corrected chi connectivity index (χ4v) is 2.46. The molecule has 0 amide bonds. The largest absolute Gasteiger partial charge is 0.487 e. The van der Waals surface area contributed by atoms with Gasteiger partial charge in [0.15, 0.2) is 0 Å². The van der Waals surface area contributed by atoms with Gasteiger partial charge in [-0.05, 0) is 30.3 Å². The molecule has 0 unspecified atom stereocenters. The summed E-state index contributed by atoms with van der Waals surface area (Å²) >= 11 is 23.1. The highest BCUT2D eigenvalue weighted by Crippen LogP contribution is 2.29. The average Bonchev–Trinajstić information content (AvgIpc) is 2.39. The lowest BCUT2D eigenvalue weighted by Gasteiger charge is -2.11. The van der Waals surface area contributed by atoms with Crippen molar-refractivity contribution in [1.82, 2.24) is 0 Å². The predicted molar refractivity (Wildman–Crippen MR) is 88.1 cm³/mol. The van der Waals surface area contributed by atoms with E-state index in [1.54, 1.807) is 36.4 Å². The molecular formula is C14H10Cl3NOS. The lowest BCUT2D eigenvalue weighted by Crippen LogP contribution is -2.09. The summed E-state index contributed by atoms with van der Waals surface area (Å²) in [5.41, 5.74) is 6.94. The summed E-state index contributed by atoms with van der Waals surface area (Å²) in [6, 6.07) is 10.4. The summed E-state index contributed by atoms with van der Waals surface area (Å²) in [5.74, 6) is 0.516. The van der Waals surface area contributed by atoms with Crippen molar-refractivity contribution in [3.63, 3.8) is 0 Å². The Hall–Kier alpha value is -1.000. The molecule has 0 spiro atoms. The maximum absolute atomic E-state index is 6.11. The van der Waals surface area contributed by atoms with Gasteiger partial charge in [0, 0.05) is 21.2 Å². The zero-order chi connectivity index (χ0) is 14.7. The third kappa shape index (κ3) is 3.55. The second kappa shape index (κ2) is 6.64. The lowest BCUT2D eigenvalue weighted by atomic mass is 10.2. The van der Waals surface area contributed by atoms with E-state index in [1.165, 1.54) is 0 Å². The Morgan fingerprint density at radius 2 is 1.70 bits per heavy atom. The lowest BCUT2D eigenvalue weighted by molar-refractivity contribution is 0.306. The molecule has 2 rings (SSSR count). The van der Waals surface area contributed by atoms with Gasteiger partial charge >= 0.3 is 0 Å². The Kier molecular flexibility index (Phi) is 5.11. The summed E-state index contributed by atoms with van der Waals surface area (Å²) in [7, 11) is 0. The van der Waals surface area contributed by atoms with Crippen molar-refractivity contribution in [2.45, 2.75) is 6.61 Å². The zero-order valence-corrected chi connectivity index (χ0v) is 13.3. The van der Waals surface area contributed by atoms with E-state index < -0.39 is 0 Å². The summed E-state index contributed by atoms with van der Waals surface area (Å²) in [5, 5.41) is 1.53. The van der Waals surface area contributed by atoms with E-state index in [2.05, 4.69) is 0 Å². The first-order chi connectivity index (χ1) is 9.49. The Balaban J connectivity index is 2.17. The molecule has 6 heteroatoms. The van der Waals surface area contributed by atoms with E-state index in [0.29, 0.717) is 31.9 Å². The Labute approximate surface area is 137 Å². The van der Waals surface area contributed by atoms with Crippen LogP contribution in [0, 0.1) is 0 Å². The fourth-order valence-electron chi connectivity index (χ4n) is 1.59. The van der Waals surface area contributed by atoms with E-state index in [9.17, 15) is 0 Å². The monoisotopic (exact) mass is 345 g/mol. The molecule has 0 aliphatic carbocycles. The SMILES string of the molecule is NC(=S)c1ccc(OCc2c(Cl)cccc2Cl)c(Cl)c1. The highest BCUT2D eigenvalue weighted by molar-refractivity contribution is 7.80. The molecule has 2 aromatic carbocycles. The molecule has 0 saturated carbocycles. The second-order valence-corrected chi connectivity index (χ2v) is 5.66. The molecule has 2 N–H and O–H groups in total. The highest BCUT2D eigenvalue weighted by atomic mass is 35.5. The number of rotatable bonds is 4. The van der Waals surface area contributed by atoms with Crippen LogP contribution in [0.1, 0.15) is 11.1 Å². The minimum absolute atomic E-state index is 0.227. The van der Waals surface area contributed by atoms with Crippen molar-refractivity contribution in [2.24, 2.45) is 5.73 Å². The average molecular weight is 347 g/mol. The summed E-state index contributed by atoms with van der Waals surface area (Å²) < 4.78 is 5.63. The van der Waals surface area contributed by atoms with E-state index in [1.807, 2.05) is 0 Å². The summed E-state index contributed by atoms with van der Waals surface area (Å²) in [4.78, 5) is 0.285. The van der Waals surface area contributed by atoms with Gasteiger partial charge in [-0.15, -0.1) is 0 Å². The molecular weight excluding hydrogens is 337 g/mol. The van der Waals surface area contributed by atoms with E-state index >= 15 is 0 Å². The first-order valence-corrected chi connectivity index (χ1v) is 7.18. The number of hydrogen-bond acceptors (Lipinski definition) is 2. The zero-order valence-electron chi connectivity index (χ0n) is 10.2. The van der Waals surface area contributed by atoms with Crippen LogP contribution in [0.25, 0.3) is 0 Å². The first kappa shape index (κ1) is 15.4. The molecule has 0 atom stereocenters. The van der Waals surface area contributed by atoms with Crippen LogP contribution in [0.5, 0.6) is 5.75 Å². The maximum atomic E-state index is 6.11. The molecule has 0 fully saturated rings. The second-order valence-electron chi connectivity index (χ2n) is 4.00. The van der Waals surface area contributed by atoms with Gasteiger partial charge < -0.3 is 10.5 Å². The number of hydrogen-bond donors (Lipinski definition) is 1.